The SMILES string of the molecule is CN(C)CC(C)(C)c1ccncc1. The molecule has 0 spiro atoms. The molecule has 0 N–H and O–H groups in total. The summed E-state index contributed by atoms with van der Waals surface area (Å²) in [6.45, 7) is 5.56. The van der Waals surface area contributed by atoms with Crippen LogP contribution in [0.25, 0.3) is 0 Å². The Hall–Kier alpha value is -0.890. The van der Waals surface area contributed by atoms with E-state index in [2.05, 4.69) is 50.0 Å². The summed E-state index contributed by atoms with van der Waals surface area (Å²) in [5, 5.41) is 0. The minimum absolute atomic E-state index is 0.201. The van der Waals surface area contributed by atoms with Crippen LogP contribution in [0.1, 0.15) is 19.4 Å². The van der Waals surface area contributed by atoms with Gasteiger partial charge in [-0.25, -0.2) is 0 Å². The van der Waals surface area contributed by atoms with E-state index in [9.17, 15) is 0 Å². The average molecular weight is 178 g/mol. The molecular formula is C11H18N2. The standard InChI is InChI=1S/C11H18N2/c1-11(2,9-13(3)4)10-5-7-12-8-6-10/h5-8H,9H2,1-4H3. The third-order valence-corrected chi connectivity index (χ3v) is 2.17. The van der Waals surface area contributed by atoms with Gasteiger partial charge < -0.3 is 4.90 Å². The van der Waals surface area contributed by atoms with E-state index in [4.69, 9.17) is 0 Å². The van der Waals surface area contributed by atoms with Gasteiger partial charge in [0.15, 0.2) is 0 Å². The number of pyridine rings is 1. The highest BCUT2D eigenvalue weighted by atomic mass is 15.1. The fourth-order valence-corrected chi connectivity index (χ4v) is 1.68. The van der Waals surface area contributed by atoms with Crippen LogP contribution in [-0.2, 0) is 5.41 Å². The molecule has 0 aliphatic heterocycles. The Morgan fingerprint density at radius 3 is 2.23 bits per heavy atom. The van der Waals surface area contributed by atoms with Gasteiger partial charge in [0.25, 0.3) is 0 Å². The number of rotatable bonds is 3. The van der Waals surface area contributed by atoms with Gasteiger partial charge in [-0.3, -0.25) is 4.98 Å². The van der Waals surface area contributed by atoms with Crippen LogP contribution in [-0.4, -0.2) is 30.5 Å². The van der Waals surface area contributed by atoms with E-state index in [0.717, 1.165) is 6.54 Å². The van der Waals surface area contributed by atoms with Crippen LogP contribution in [0.5, 0.6) is 0 Å². The van der Waals surface area contributed by atoms with Gasteiger partial charge in [0.1, 0.15) is 0 Å². The average Bonchev–Trinajstić information content (AvgIpc) is 2.04. The second-order valence-electron chi connectivity index (χ2n) is 4.36. The first-order valence-corrected chi connectivity index (χ1v) is 4.57. The number of hydrogen-bond donors (Lipinski definition) is 0. The Morgan fingerprint density at radius 2 is 1.77 bits per heavy atom. The first kappa shape index (κ1) is 10.2. The number of nitrogens with zero attached hydrogens (tertiary/aromatic N) is 2. The maximum atomic E-state index is 4.02. The van der Waals surface area contributed by atoms with Crippen molar-refractivity contribution in [3.63, 3.8) is 0 Å². The van der Waals surface area contributed by atoms with Crippen LogP contribution in [0.3, 0.4) is 0 Å². The van der Waals surface area contributed by atoms with E-state index < -0.39 is 0 Å². The van der Waals surface area contributed by atoms with Crippen LogP contribution in [0, 0.1) is 0 Å². The van der Waals surface area contributed by atoms with E-state index >= 15 is 0 Å². The highest BCUT2D eigenvalue weighted by molar-refractivity contribution is 5.20. The molecule has 0 amide bonds. The number of likely N-dealkylation sites (N-methyl/N-ethyl adjacent to an activating group) is 1. The van der Waals surface area contributed by atoms with Crippen molar-refractivity contribution in [2.75, 3.05) is 20.6 Å². The molecule has 0 saturated heterocycles. The van der Waals surface area contributed by atoms with Crippen LogP contribution in [0.2, 0.25) is 0 Å². The van der Waals surface area contributed by atoms with Gasteiger partial charge in [0.2, 0.25) is 0 Å². The molecule has 0 fully saturated rings. The third kappa shape index (κ3) is 2.81. The van der Waals surface area contributed by atoms with Crippen molar-refractivity contribution >= 4 is 0 Å². The molecule has 0 aliphatic rings. The van der Waals surface area contributed by atoms with Gasteiger partial charge in [-0.1, -0.05) is 13.8 Å². The Kier molecular flexibility index (Phi) is 3.04. The monoisotopic (exact) mass is 178 g/mol. The molecule has 13 heavy (non-hydrogen) atoms. The molecule has 72 valence electrons. The molecule has 1 aromatic rings. The minimum atomic E-state index is 0.201. The van der Waals surface area contributed by atoms with Crippen LogP contribution >= 0.6 is 0 Å². The molecule has 1 heterocycles. The molecule has 0 saturated carbocycles. The summed E-state index contributed by atoms with van der Waals surface area (Å²) in [5.41, 5.74) is 1.54. The Morgan fingerprint density at radius 1 is 1.23 bits per heavy atom. The van der Waals surface area contributed by atoms with Crippen molar-refractivity contribution in [1.82, 2.24) is 9.88 Å². The summed E-state index contributed by atoms with van der Waals surface area (Å²) in [6.07, 6.45) is 3.71. The summed E-state index contributed by atoms with van der Waals surface area (Å²) in [7, 11) is 4.20. The fraction of sp³-hybridized carbons (Fsp3) is 0.545. The maximum absolute atomic E-state index is 4.02. The second-order valence-corrected chi connectivity index (χ2v) is 4.36. The molecule has 0 radical (unpaired) electrons. The van der Waals surface area contributed by atoms with Crippen molar-refractivity contribution in [1.29, 1.82) is 0 Å². The number of aromatic nitrogens is 1. The quantitative estimate of drug-likeness (QED) is 0.703. The summed E-state index contributed by atoms with van der Waals surface area (Å²) in [5.74, 6) is 0. The molecular weight excluding hydrogens is 160 g/mol. The Balaban J connectivity index is 2.81. The first-order valence-electron chi connectivity index (χ1n) is 4.57. The lowest BCUT2D eigenvalue weighted by Crippen LogP contribution is -2.32. The van der Waals surface area contributed by atoms with Gasteiger partial charge in [0.05, 0.1) is 0 Å². The first-order chi connectivity index (χ1) is 6.02. The lowest BCUT2D eigenvalue weighted by molar-refractivity contribution is 0.315. The molecule has 0 atom stereocenters. The summed E-state index contributed by atoms with van der Waals surface area (Å²) < 4.78 is 0. The van der Waals surface area contributed by atoms with Crippen LogP contribution in [0.15, 0.2) is 24.5 Å². The predicted octanol–water partition coefficient (Wildman–Crippen LogP) is 1.92. The van der Waals surface area contributed by atoms with E-state index in [1.807, 2.05) is 12.4 Å². The summed E-state index contributed by atoms with van der Waals surface area (Å²) in [4.78, 5) is 6.23. The highest BCUT2D eigenvalue weighted by Gasteiger charge is 2.20. The van der Waals surface area contributed by atoms with Gasteiger partial charge in [-0.2, -0.15) is 0 Å². The Bertz CT molecular complexity index is 252. The van der Waals surface area contributed by atoms with Crippen molar-refractivity contribution < 1.29 is 0 Å². The van der Waals surface area contributed by atoms with Crippen molar-refractivity contribution in [2.45, 2.75) is 19.3 Å². The topological polar surface area (TPSA) is 16.1 Å². The van der Waals surface area contributed by atoms with Crippen molar-refractivity contribution in [3.8, 4) is 0 Å². The van der Waals surface area contributed by atoms with Crippen molar-refractivity contribution in [2.24, 2.45) is 0 Å². The summed E-state index contributed by atoms with van der Waals surface area (Å²) in [6, 6.07) is 4.17. The highest BCUT2D eigenvalue weighted by Crippen LogP contribution is 2.22. The molecule has 0 aliphatic carbocycles. The largest absolute Gasteiger partial charge is 0.309 e. The fourth-order valence-electron chi connectivity index (χ4n) is 1.68. The minimum Gasteiger partial charge on any atom is -0.309 e. The van der Waals surface area contributed by atoms with Crippen LogP contribution in [0.4, 0.5) is 0 Å². The molecule has 0 aromatic carbocycles. The zero-order valence-corrected chi connectivity index (χ0v) is 8.91. The zero-order chi connectivity index (χ0) is 9.90. The van der Waals surface area contributed by atoms with Crippen molar-refractivity contribution in [3.05, 3.63) is 30.1 Å². The van der Waals surface area contributed by atoms with E-state index in [1.54, 1.807) is 0 Å². The third-order valence-electron chi connectivity index (χ3n) is 2.17. The smallest absolute Gasteiger partial charge is 0.0270 e. The van der Waals surface area contributed by atoms with Gasteiger partial charge in [0, 0.05) is 24.4 Å². The Labute approximate surface area is 80.6 Å². The number of hydrogen-bond acceptors (Lipinski definition) is 2. The normalized spacial score (nSPS) is 12.1. The van der Waals surface area contributed by atoms with Gasteiger partial charge in [-0.05, 0) is 31.8 Å². The maximum Gasteiger partial charge on any atom is 0.0270 e. The lowest BCUT2D eigenvalue weighted by atomic mass is 9.85. The second kappa shape index (κ2) is 3.88. The molecule has 0 bridgehead atoms. The molecule has 2 nitrogen and oxygen atoms in total. The molecule has 2 heteroatoms. The van der Waals surface area contributed by atoms with E-state index in [-0.39, 0.29) is 5.41 Å². The van der Waals surface area contributed by atoms with Gasteiger partial charge in [-0.15, -0.1) is 0 Å². The zero-order valence-electron chi connectivity index (χ0n) is 8.91. The van der Waals surface area contributed by atoms with E-state index in [0.29, 0.717) is 0 Å². The molecule has 0 unspecified atom stereocenters. The lowest BCUT2D eigenvalue weighted by Gasteiger charge is -2.28. The van der Waals surface area contributed by atoms with E-state index in [1.165, 1.54) is 5.56 Å². The predicted molar refractivity (Wildman–Crippen MR) is 55.8 cm³/mol. The molecule has 1 rings (SSSR count). The van der Waals surface area contributed by atoms with Gasteiger partial charge >= 0.3 is 0 Å². The molecule has 1 aromatic heterocycles. The van der Waals surface area contributed by atoms with Crippen LogP contribution < -0.4 is 0 Å². The summed E-state index contributed by atoms with van der Waals surface area (Å²) >= 11 is 0.